The van der Waals surface area contributed by atoms with Gasteiger partial charge in [-0.25, -0.2) is 9.97 Å². The van der Waals surface area contributed by atoms with Crippen LogP contribution in [0.25, 0.3) is 22.3 Å². The molecule has 0 radical (unpaired) electrons. The maximum absolute atomic E-state index is 10.8. The van der Waals surface area contributed by atoms with E-state index in [1.165, 1.54) is 0 Å². The molecule has 0 saturated carbocycles. The molecule has 2 aromatic carbocycles. The third-order valence-electron chi connectivity index (χ3n) is 5.64. The smallest absolute Gasteiger partial charge is 0.162 e. The molecule has 0 saturated heterocycles. The Hall–Kier alpha value is -3.71. The molecule has 0 bridgehead atoms. The molecule has 7 nitrogen and oxygen atoms in total. The molecule has 1 aliphatic rings. The van der Waals surface area contributed by atoms with E-state index in [2.05, 4.69) is 16.4 Å². The summed E-state index contributed by atoms with van der Waals surface area (Å²) in [5, 5.41) is 15.0. The van der Waals surface area contributed by atoms with Crippen molar-refractivity contribution in [3.8, 4) is 22.9 Å². The van der Waals surface area contributed by atoms with Crippen LogP contribution in [0.5, 0.6) is 11.5 Å². The number of aliphatic hydroxyl groups is 1. The number of benzene rings is 2. The number of aliphatic hydroxyl groups excluding tert-OH is 1. The number of pyridine rings is 1. The fourth-order valence-electron chi connectivity index (χ4n) is 4.09. The predicted molar refractivity (Wildman–Crippen MR) is 118 cm³/mol. The molecule has 0 amide bonds. The van der Waals surface area contributed by atoms with Crippen molar-refractivity contribution in [2.75, 3.05) is 19.5 Å². The first-order valence-electron chi connectivity index (χ1n) is 10.0. The summed E-state index contributed by atoms with van der Waals surface area (Å²) >= 11 is 0. The second-order valence-electron chi connectivity index (χ2n) is 7.45. The zero-order chi connectivity index (χ0) is 21.4. The van der Waals surface area contributed by atoms with Crippen molar-refractivity contribution in [2.24, 2.45) is 0 Å². The van der Waals surface area contributed by atoms with Crippen LogP contribution in [0.1, 0.15) is 17.2 Å². The van der Waals surface area contributed by atoms with Crippen LogP contribution in [0.2, 0.25) is 0 Å². The molecule has 1 aliphatic carbocycles. The first-order valence-corrected chi connectivity index (χ1v) is 10.0. The number of nitrogens with one attached hydrogen (secondary N) is 1. The van der Waals surface area contributed by atoms with Gasteiger partial charge in [0.05, 0.1) is 31.9 Å². The van der Waals surface area contributed by atoms with Gasteiger partial charge in [-0.2, -0.15) is 0 Å². The molecule has 7 heteroatoms. The third kappa shape index (κ3) is 3.43. The topological polar surface area (TPSA) is 89.4 Å². The number of ether oxygens (including phenoxy) is 2. The number of nitrogens with zero attached hydrogens (tertiary/aromatic N) is 3. The Balaban J connectivity index is 1.68. The lowest BCUT2D eigenvalue weighted by atomic mass is 10.1. The Labute approximate surface area is 179 Å². The van der Waals surface area contributed by atoms with E-state index in [4.69, 9.17) is 19.4 Å². The van der Waals surface area contributed by atoms with Gasteiger partial charge >= 0.3 is 0 Å². The van der Waals surface area contributed by atoms with Crippen molar-refractivity contribution in [2.45, 2.75) is 18.6 Å². The molecule has 156 valence electrons. The molecule has 2 heterocycles. The van der Waals surface area contributed by atoms with E-state index in [1.807, 2.05) is 42.5 Å². The molecule has 0 aliphatic heterocycles. The molecule has 0 fully saturated rings. The summed E-state index contributed by atoms with van der Waals surface area (Å²) in [5.41, 5.74) is 3.78. The first-order chi connectivity index (χ1) is 15.2. The van der Waals surface area contributed by atoms with Gasteiger partial charge < -0.3 is 19.9 Å². The highest BCUT2D eigenvalue weighted by Crippen LogP contribution is 2.39. The first kappa shape index (κ1) is 19.3. The SMILES string of the molecule is COc1cc2nc(-c3ccncc3)nc(N[C@H]3c4ccccc4C[C@H]3O)c2cc1OC. The Morgan fingerprint density at radius 1 is 0.968 bits per heavy atom. The lowest BCUT2D eigenvalue weighted by Crippen LogP contribution is -2.22. The van der Waals surface area contributed by atoms with E-state index in [0.717, 1.165) is 22.1 Å². The fraction of sp³-hybridized carbons (Fsp3) is 0.208. The Bertz CT molecular complexity index is 1250. The van der Waals surface area contributed by atoms with Gasteiger partial charge in [0.1, 0.15) is 5.82 Å². The molecule has 2 atom stereocenters. The average molecular weight is 414 g/mol. The van der Waals surface area contributed by atoms with Crippen molar-refractivity contribution in [1.82, 2.24) is 15.0 Å². The summed E-state index contributed by atoms with van der Waals surface area (Å²) < 4.78 is 11.0. The maximum Gasteiger partial charge on any atom is 0.162 e. The third-order valence-corrected chi connectivity index (χ3v) is 5.64. The lowest BCUT2D eigenvalue weighted by Gasteiger charge is -2.21. The maximum atomic E-state index is 10.8. The fourth-order valence-corrected chi connectivity index (χ4v) is 4.09. The molecule has 2 aromatic heterocycles. The van der Waals surface area contributed by atoms with Crippen LogP contribution in [-0.4, -0.2) is 40.4 Å². The molecular weight excluding hydrogens is 392 g/mol. The monoisotopic (exact) mass is 414 g/mol. The zero-order valence-electron chi connectivity index (χ0n) is 17.2. The molecular formula is C24H22N4O3. The molecule has 2 N–H and O–H groups in total. The van der Waals surface area contributed by atoms with Gasteiger partial charge in [-0.15, -0.1) is 0 Å². The van der Waals surface area contributed by atoms with Crippen LogP contribution in [0.3, 0.4) is 0 Å². The summed E-state index contributed by atoms with van der Waals surface area (Å²) in [5.74, 6) is 2.36. The van der Waals surface area contributed by atoms with E-state index < -0.39 is 6.10 Å². The standard InChI is InChI=1S/C24H22N4O3/c1-30-20-12-17-18(13-21(20)31-2)26-23(14-7-9-25-10-8-14)28-24(17)27-22-16-6-4-3-5-15(16)11-19(22)29/h3-10,12-13,19,22,29H,11H2,1-2H3,(H,26,27,28)/t19-,22+/m1/s1. The van der Waals surface area contributed by atoms with Crippen molar-refractivity contribution in [1.29, 1.82) is 0 Å². The van der Waals surface area contributed by atoms with Crippen molar-refractivity contribution >= 4 is 16.7 Å². The van der Waals surface area contributed by atoms with Gasteiger partial charge in [0.25, 0.3) is 0 Å². The second kappa shape index (κ2) is 7.85. The molecule has 0 spiro atoms. The van der Waals surface area contributed by atoms with E-state index >= 15 is 0 Å². The number of aromatic nitrogens is 3. The minimum atomic E-state index is -0.549. The minimum Gasteiger partial charge on any atom is -0.493 e. The van der Waals surface area contributed by atoms with Gasteiger partial charge in [0, 0.05) is 35.8 Å². The number of methoxy groups -OCH3 is 2. The summed E-state index contributed by atoms with van der Waals surface area (Å²) in [6.45, 7) is 0. The van der Waals surface area contributed by atoms with Crippen LogP contribution in [-0.2, 0) is 6.42 Å². The Morgan fingerprint density at radius 2 is 1.71 bits per heavy atom. The molecule has 0 unspecified atom stereocenters. The van der Waals surface area contributed by atoms with E-state index in [9.17, 15) is 5.11 Å². The van der Waals surface area contributed by atoms with Crippen molar-refractivity contribution in [3.63, 3.8) is 0 Å². The van der Waals surface area contributed by atoms with Gasteiger partial charge in [0.2, 0.25) is 0 Å². The van der Waals surface area contributed by atoms with Crippen LogP contribution >= 0.6 is 0 Å². The molecule has 4 aromatic rings. The minimum absolute atomic E-state index is 0.271. The van der Waals surface area contributed by atoms with Gasteiger partial charge in [-0.05, 0) is 29.3 Å². The molecule has 5 rings (SSSR count). The highest BCUT2D eigenvalue weighted by molar-refractivity contribution is 5.93. The van der Waals surface area contributed by atoms with Gasteiger partial charge in [-0.3, -0.25) is 4.98 Å². The summed E-state index contributed by atoms with van der Waals surface area (Å²) in [6, 6.07) is 15.2. The van der Waals surface area contributed by atoms with Crippen LogP contribution in [0, 0.1) is 0 Å². The normalized spacial score (nSPS) is 17.4. The summed E-state index contributed by atoms with van der Waals surface area (Å²) in [7, 11) is 3.19. The van der Waals surface area contributed by atoms with Crippen molar-refractivity contribution < 1.29 is 14.6 Å². The van der Waals surface area contributed by atoms with Crippen LogP contribution in [0.4, 0.5) is 5.82 Å². The van der Waals surface area contributed by atoms with Crippen LogP contribution < -0.4 is 14.8 Å². The molecule has 31 heavy (non-hydrogen) atoms. The van der Waals surface area contributed by atoms with Gasteiger partial charge in [0.15, 0.2) is 17.3 Å². The van der Waals surface area contributed by atoms with E-state index in [1.54, 1.807) is 26.6 Å². The number of anilines is 1. The average Bonchev–Trinajstić information content (AvgIpc) is 3.13. The highest BCUT2D eigenvalue weighted by atomic mass is 16.5. The number of hydrogen-bond donors (Lipinski definition) is 2. The second-order valence-corrected chi connectivity index (χ2v) is 7.45. The number of rotatable bonds is 5. The number of fused-ring (bicyclic) bond motifs is 2. The highest BCUT2D eigenvalue weighted by Gasteiger charge is 2.31. The Morgan fingerprint density at radius 3 is 2.48 bits per heavy atom. The van der Waals surface area contributed by atoms with E-state index in [0.29, 0.717) is 35.1 Å². The summed E-state index contributed by atoms with van der Waals surface area (Å²) in [6.07, 6.45) is 3.47. The zero-order valence-corrected chi connectivity index (χ0v) is 17.2. The van der Waals surface area contributed by atoms with E-state index in [-0.39, 0.29) is 6.04 Å². The summed E-state index contributed by atoms with van der Waals surface area (Å²) in [4.78, 5) is 13.6. The van der Waals surface area contributed by atoms with Crippen LogP contribution in [0.15, 0.2) is 60.9 Å². The number of hydrogen-bond acceptors (Lipinski definition) is 7. The van der Waals surface area contributed by atoms with Gasteiger partial charge in [-0.1, -0.05) is 24.3 Å². The Kier molecular flexibility index (Phi) is 4.88. The largest absolute Gasteiger partial charge is 0.493 e. The quantitative estimate of drug-likeness (QED) is 0.514. The lowest BCUT2D eigenvalue weighted by molar-refractivity contribution is 0.165. The van der Waals surface area contributed by atoms with Crippen molar-refractivity contribution in [3.05, 3.63) is 72.1 Å². The predicted octanol–water partition coefficient (Wildman–Crippen LogP) is 3.78.